The van der Waals surface area contributed by atoms with Gasteiger partial charge in [0.15, 0.2) is 11.5 Å². The highest BCUT2D eigenvalue weighted by atomic mass is 19.1. The number of nitrogens with zero attached hydrogens (tertiary/aromatic N) is 2. The normalized spacial score (nSPS) is 15.4. The molecule has 38 heavy (non-hydrogen) atoms. The van der Waals surface area contributed by atoms with Gasteiger partial charge in [0, 0.05) is 17.2 Å². The number of benzene rings is 2. The first-order valence-electron chi connectivity index (χ1n) is 11.4. The lowest BCUT2D eigenvalue weighted by Crippen LogP contribution is -2.27. The molecule has 0 bridgehead atoms. The monoisotopic (exact) mass is 529 g/mol. The van der Waals surface area contributed by atoms with Gasteiger partial charge in [0.05, 0.1) is 13.2 Å². The first-order chi connectivity index (χ1) is 18.2. The van der Waals surface area contributed by atoms with E-state index in [4.69, 9.17) is 30.5 Å². The average Bonchev–Trinajstić information content (AvgIpc) is 3.34. The molecule has 0 amide bonds. The fourth-order valence-corrected chi connectivity index (χ4v) is 3.39. The lowest BCUT2D eigenvalue weighted by Gasteiger charge is -2.16. The van der Waals surface area contributed by atoms with Crippen LogP contribution in [0.3, 0.4) is 0 Å². The Balaban J connectivity index is 1.72. The topological polar surface area (TPSA) is 176 Å². The maximum atomic E-state index is 15.3. The lowest BCUT2D eigenvalue weighted by atomic mass is 10.2. The molecule has 0 saturated heterocycles. The van der Waals surface area contributed by atoms with Gasteiger partial charge in [0.25, 0.3) is 11.8 Å². The van der Waals surface area contributed by atoms with E-state index in [0.717, 1.165) is 0 Å². The van der Waals surface area contributed by atoms with Crippen LogP contribution < -0.4 is 25.3 Å². The lowest BCUT2D eigenvalue weighted by molar-refractivity contribution is 0.0504. The number of hydrogen-bond acceptors (Lipinski definition) is 10. The molecular weight excluding hydrogens is 504 g/mol. The van der Waals surface area contributed by atoms with Gasteiger partial charge < -0.3 is 40.6 Å². The van der Waals surface area contributed by atoms with Gasteiger partial charge in [-0.1, -0.05) is 12.1 Å². The highest BCUT2D eigenvalue weighted by Crippen LogP contribution is 2.39. The summed E-state index contributed by atoms with van der Waals surface area (Å²) in [4.78, 5) is 8.19. The third-order valence-electron chi connectivity index (χ3n) is 5.31. The zero-order valence-electron chi connectivity index (χ0n) is 20.1. The molecule has 2 aromatic carbocycles. The summed E-state index contributed by atoms with van der Waals surface area (Å²) in [5.41, 5.74) is 6.29. The van der Waals surface area contributed by atoms with Crippen LogP contribution in [0.4, 0.5) is 8.78 Å². The summed E-state index contributed by atoms with van der Waals surface area (Å²) in [5.74, 6) is -5.65. The van der Waals surface area contributed by atoms with Gasteiger partial charge in [-0.3, -0.25) is 10.4 Å². The zero-order valence-corrected chi connectivity index (χ0v) is 20.1. The molecule has 0 aliphatic carbocycles. The van der Waals surface area contributed by atoms with Gasteiger partial charge in [-0.05, 0) is 37.3 Å². The predicted molar refractivity (Wildman–Crippen MR) is 132 cm³/mol. The number of aliphatic hydroxyl groups excluding tert-OH is 2. The molecule has 3 aromatic rings. The Bertz CT molecular complexity index is 1390. The van der Waals surface area contributed by atoms with E-state index in [2.05, 4.69) is 15.3 Å². The molecule has 1 aliphatic rings. The molecule has 11 nitrogen and oxygen atoms in total. The number of hydrogen-bond donors (Lipinski definition) is 6. The number of aromatic nitrogens is 1. The average molecular weight is 530 g/mol. The predicted octanol–water partition coefficient (Wildman–Crippen LogP) is 2.40. The van der Waals surface area contributed by atoms with E-state index in [9.17, 15) is 10.2 Å². The van der Waals surface area contributed by atoms with Crippen LogP contribution in [0.15, 0.2) is 47.5 Å². The summed E-state index contributed by atoms with van der Waals surface area (Å²) in [5, 5.41) is 39.5. The van der Waals surface area contributed by atoms with Crippen LogP contribution in [-0.4, -0.2) is 63.9 Å². The number of nitrogens with one attached hydrogen (secondary N) is 2. The van der Waals surface area contributed by atoms with E-state index in [1.807, 2.05) is 6.92 Å². The Morgan fingerprint density at radius 1 is 1.18 bits per heavy atom. The maximum Gasteiger partial charge on any atom is 0.263 e. The number of phenols is 1. The summed E-state index contributed by atoms with van der Waals surface area (Å²) in [6.45, 7) is 1.19. The molecular formula is C25H25F2N5O6. The van der Waals surface area contributed by atoms with E-state index < -0.39 is 54.2 Å². The number of rotatable bonds is 10. The molecule has 2 heterocycles. The fourth-order valence-electron chi connectivity index (χ4n) is 3.39. The Morgan fingerprint density at radius 2 is 1.92 bits per heavy atom. The van der Waals surface area contributed by atoms with Crippen molar-refractivity contribution in [2.75, 3.05) is 19.8 Å². The molecule has 13 heteroatoms. The highest BCUT2D eigenvalue weighted by Gasteiger charge is 2.27. The maximum absolute atomic E-state index is 15.3. The van der Waals surface area contributed by atoms with Crippen molar-refractivity contribution in [3.8, 4) is 34.8 Å². The van der Waals surface area contributed by atoms with Crippen LogP contribution >= 0.6 is 0 Å². The van der Waals surface area contributed by atoms with Crippen molar-refractivity contribution in [1.82, 2.24) is 10.3 Å². The van der Waals surface area contributed by atoms with Gasteiger partial charge >= 0.3 is 0 Å². The number of nitrogens with two attached hydrogens (primary N) is 1. The summed E-state index contributed by atoms with van der Waals surface area (Å²) in [6, 6.07) is 10.3. The Morgan fingerprint density at radius 3 is 2.58 bits per heavy atom. The van der Waals surface area contributed by atoms with E-state index in [-0.39, 0.29) is 28.9 Å². The molecule has 7 N–H and O–H groups in total. The van der Waals surface area contributed by atoms with Crippen molar-refractivity contribution in [3.05, 3.63) is 65.2 Å². The standard InChI is InChI=1S/C25H25F2N5O6/c1-12-9-30-23(31-12)14-3-2-4-16(7-14)37-24-19(26)21(36-11-15(34)10-33)20(27)25(32-24)38-18-8-13(22(28)29)5-6-17(18)35/h2-8,12,15,33-35H,9-11H2,1H3,(H3,28,29)(H,30,31). The summed E-state index contributed by atoms with van der Waals surface area (Å²) < 4.78 is 46.7. The quantitative estimate of drug-likeness (QED) is 0.170. The number of amidine groups is 2. The summed E-state index contributed by atoms with van der Waals surface area (Å²) in [6.07, 6.45) is -1.43. The second kappa shape index (κ2) is 11.3. The first kappa shape index (κ1) is 26.6. The highest BCUT2D eigenvalue weighted by molar-refractivity contribution is 6.00. The van der Waals surface area contributed by atoms with Gasteiger partial charge in [0.2, 0.25) is 17.4 Å². The van der Waals surface area contributed by atoms with Crippen LogP contribution in [0.2, 0.25) is 0 Å². The van der Waals surface area contributed by atoms with Crippen molar-refractivity contribution in [1.29, 1.82) is 5.41 Å². The second-order valence-corrected chi connectivity index (χ2v) is 8.39. The number of pyridine rings is 1. The number of aliphatic imine (C=N–C) groups is 1. The largest absolute Gasteiger partial charge is 0.504 e. The van der Waals surface area contributed by atoms with Crippen LogP contribution in [0.25, 0.3) is 0 Å². The minimum Gasteiger partial charge on any atom is -0.504 e. The molecule has 1 aliphatic heterocycles. The van der Waals surface area contributed by atoms with E-state index in [1.165, 1.54) is 24.3 Å². The summed E-state index contributed by atoms with van der Waals surface area (Å²) in [7, 11) is 0. The molecule has 0 saturated carbocycles. The fraction of sp³-hybridized carbons (Fsp3) is 0.240. The van der Waals surface area contributed by atoms with Gasteiger partial charge in [-0.2, -0.15) is 13.8 Å². The van der Waals surface area contributed by atoms with Gasteiger partial charge in [-0.25, -0.2) is 0 Å². The number of aromatic hydroxyl groups is 1. The minimum atomic E-state index is -1.43. The Kier molecular flexibility index (Phi) is 7.88. The second-order valence-electron chi connectivity index (χ2n) is 8.39. The van der Waals surface area contributed by atoms with Crippen LogP contribution in [0.1, 0.15) is 18.1 Å². The van der Waals surface area contributed by atoms with Gasteiger partial charge in [-0.15, -0.1) is 0 Å². The molecule has 200 valence electrons. The molecule has 1 aromatic heterocycles. The zero-order chi connectivity index (χ0) is 27.4. The number of nitrogen functional groups attached to an aromatic ring is 1. The third-order valence-corrected chi connectivity index (χ3v) is 5.31. The van der Waals surface area contributed by atoms with E-state index in [1.54, 1.807) is 18.2 Å². The Hall–Kier alpha value is -4.49. The SMILES string of the molecule is CC1CN=C(c2cccc(Oc3nc(Oc4cc(C(=N)N)ccc4O)c(F)c(OCC(O)CO)c3F)c2)N1. The number of phenolic OH excluding ortho intramolecular Hbond substituents is 1. The Labute approximate surface area is 215 Å². The number of halogens is 2. The van der Waals surface area contributed by atoms with Crippen LogP contribution in [0, 0.1) is 17.0 Å². The molecule has 2 unspecified atom stereocenters. The molecule has 0 spiro atoms. The van der Waals surface area contributed by atoms with Crippen molar-refractivity contribution in [3.63, 3.8) is 0 Å². The van der Waals surface area contributed by atoms with Crippen molar-refractivity contribution in [2.45, 2.75) is 19.1 Å². The van der Waals surface area contributed by atoms with Crippen LogP contribution in [0.5, 0.6) is 34.8 Å². The summed E-state index contributed by atoms with van der Waals surface area (Å²) >= 11 is 0. The van der Waals surface area contributed by atoms with Gasteiger partial charge in [0.1, 0.15) is 30.1 Å². The van der Waals surface area contributed by atoms with Crippen molar-refractivity contribution < 1.29 is 38.3 Å². The first-order valence-corrected chi connectivity index (χ1v) is 11.4. The molecule has 4 rings (SSSR count). The molecule has 0 fully saturated rings. The van der Waals surface area contributed by atoms with Crippen molar-refractivity contribution >= 4 is 11.7 Å². The number of aliphatic hydroxyl groups is 2. The van der Waals surface area contributed by atoms with E-state index >= 15 is 8.78 Å². The molecule has 0 radical (unpaired) electrons. The van der Waals surface area contributed by atoms with Crippen LogP contribution in [-0.2, 0) is 0 Å². The van der Waals surface area contributed by atoms with E-state index in [0.29, 0.717) is 17.9 Å². The smallest absolute Gasteiger partial charge is 0.263 e. The third kappa shape index (κ3) is 5.90. The molecule has 2 atom stereocenters. The minimum absolute atomic E-state index is 0.137. The van der Waals surface area contributed by atoms with Crippen molar-refractivity contribution in [2.24, 2.45) is 10.7 Å². The number of ether oxygens (including phenoxy) is 3.